The number of hydrogen-bond acceptors (Lipinski definition) is 1. The van der Waals surface area contributed by atoms with E-state index < -0.39 is 6.10 Å². The molecule has 1 unspecified atom stereocenters. The topological polar surface area (TPSA) is 20.2 Å². The summed E-state index contributed by atoms with van der Waals surface area (Å²) in [5.41, 5.74) is 0.495. The Morgan fingerprint density at radius 2 is 2.25 bits per heavy atom. The van der Waals surface area contributed by atoms with Crippen molar-refractivity contribution in [1.82, 2.24) is 0 Å². The standard InChI is InChI=1S/C9H10ClFO/c1-6(12)4-7-2-3-8(10)5-9(7)11/h2-3,5-6,12H,4H2,1H3. The van der Waals surface area contributed by atoms with Crippen molar-refractivity contribution in [3.8, 4) is 0 Å². The molecule has 0 bridgehead atoms. The van der Waals surface area contributed by atoms with Gasteiger partial charge in [-0.3, -0.25) is 0 Å². The van der Waals surface area contributed by atoms with Gasteiger partial charge in [-0.25, -0.2) is 4.39 Å². The molecule has 1 nitrogen and oxygen atoms in total. The molecule has 0 aliphatic rings. The molecule has 0 aliphatic heterocycles. The molecule has 0 radical (unpaired) electrons. The van der Waals surface area contributed by atoms with E-state index in [0.717, 1.165) is 0 Å². The van der Waals surface area contributed by atoms with E-state index in [2.05, 4.69) is 0 Å². The van der Waals surface area contributed by atoms with Gasteiger partial charge in [0.05, 0.1) is 6.10 Å². The third-order valence-electron chi connectivity index (χ3n) is 1.53. The molecule has 1 rings (SSSR count). The highest BCUT2D eigenvalue weighted by Gasteiger charge is 2.05. The van der Waals surface area contributed by atoms with E-state index in [-0.39, 0.29) is 5.82 Å². The Kier molecular flexibility index (Phi) is 3.06. The number of hydrogen-bond donors (Lipinski definition) is 1. The van der Waals surface area contributed by atoms with E-state index in [1.807, 2.05) is 0 Å². The molecule has 0 saturated carbocycles. The number of aliphatic hydroxyl groups excluding tert-OH is 1. The molecule has 1 N–H and O–H groups in total. The van der Waals surface area contributed by atoms with Crippen LogP contribution in [0.15, 0.2) is 18.2 Å². The van der Waals surface area contributed by atoms with Gasteiger partial charge in [0.2, 0.25) is 0 Å². The van der Waals surface area contributed by atoms with E-state index in [0.29, 0.717) is 17.0 Å². The molecule has 0 spiro atoms. The van der Waals surface area contributed by atoms with Crippen LogP contribution in [0.1, 0.15) is 12.5 Å². The second kappa shape index (κ2) is 3.87. The van der Waals surface area contributed by atoms with E-state index >= 15 is 0 Å². The van der Waals surface area contributed by atoms with Gasteiger partial charge in [-0.05, 0) is 24.6 Å². The molecule has 0 aromatic heterocycles. The lowest BCUT2D eigenvalue weighted by Gasteiger charge is -2.05. The predicted octanol–water partition coefficient (Wildman–Crippen LogP) is 2.40. The molecule has 0 fully saturated rings. The summed E-state index contributed by atoms with van der Waals surface area (Å²) in [7, 11) is 0. The highest BCUT2D eigenvalue weighted by atomic mass is 35.5. The van der Waals surface area contributed by atoms with E-state index in [4.69, 9.17) is 16.7 Å². The SMILES string of the molecule is CC(O)Cc1ccc(Cl)cc1F. The van der Waals surface area contributed by atoms with Gasteiger partial charge in [-0.15, -0.1) is 0 Å². The van der Waals surface area contributed by atoms with E-state index in [9.17, 15) is 4.39 Å². The Morgan fingerprint density at radius 3 is 2.75 bits per heavy atom. The van der Waals surface area contributed by atoms with Crippen molar-refractivity contribution in [1.29, 1.82) is 0 Å². The fourth-order valence-corrected chi connectivity index (χ4v) is 1.16. The van der Waals surface area contributed by atoms with Gasteiger partial charge in [0.15, 0.2) is 0 Å². The number of halogens is 2. The smallest absolute Gasteiger partial charge is 0.127 e. The third kappa shape index (κ3) is 2.47. The average molecular weight is 189 g/mol. The van der Waals surface area contributed by atoms with Crippen LogP contribution in [0.4, 0.5) is 4.39 Å². The minimum absolute atomic E-state index is 0.322. The predicted molar refractivity (Wildman–Crippen MR) is 46.8 cm³/mol. The first-order valence-electron chi connectivity index (χ1n) is 3.71. The summed E-state index contributed by atoms with van der Waals surface area (Å²) in [6.45, 7) is 1.62. The van der Waals surface area contributed by atoms with Crippen LogP contribution < -0.4 is 0 Å². The molecule has 0 amide bonds. The summed E-state index contributed by atoms with van der Waals surface area (Å²) in [4.78, 5) is 0. The summed E-state index contributed by atoms with van der Waals surface area (Å²) in [6, 6.07) is 4.45. The van der Waals surface area contributed by atoms with E-state index in [1.165, 1.54) is 6.07 Å². The normalized spacial score (nSPS) is 13.0. The van der Waals surface area contributed by atoms with Crippen molar-refractivity contribution in [2.24, 2.45) is 0 Å². The maximum absolute atomic E-state index is 13.0. The molecule has 0 saturated heterocycles. The number of rotatable bonds is 2. The minimum atomic E-state index is -0.527. The average Bonchev–Trinajstić information content (AvgIpc) is 1.94. The number of benzene rings is 1. The van der Waals surface area contributed by atoms with Crippen molar-refractivity contribution in [3.05, 3.63) is 34.6 Å². The maximum Gasteiger partial charge on any atom is 0.127 e. The van der Waals surface area contributed by atoms with Gasteiger partial charge in [-0.2, -0.15) is 0 Å². The van der Waals surface area contributed by atoms with E-state index in [1.54, 1.807) is 19.1 Å². The third-order valence-corrected chi connectivity index (χ3v) is 1.77. The van der Waals surface area contributed by atoms with Crippen molar-refractivity contribution in [2.75, 3.05) is 0 Å². The Bertz CT molecular complexity index is 273. The van der Waals surface area contributed by atoms with Gasteiger partial charge in [0.1, 0.15) is 5.82 Å². The monoisotopic (exact) mass is 188 g/mol. The fourth-order valence-electron chi connectivity index (χ4n) is 1.01. The molecule has 0 heterocycles. The van der Waals surface area contributed by atoms with Crippen molar-refractivity contribution < 1.29 is 9.50 Å². The van der Waals surface area contributed by atoms with Crippen LogP contribution in [-0.4, -0.2) is 11.2 Å². The second-order valence-electron chi connectivity index (χ2n) is 2.79. The maximum atomic E-state index is 13.0. The molecule has 1 aromatic carbocycles. The van der Waals surface area contributed by atoms with Crippen LogP contribution >= 0.6 is 11.6 Å². The quantitative estimate of drug-likeness (QED) is 0.756. The van der Waals surface area contributed by atoms with Crippen LogP contribution in [0, 0.1) is 5.82 Å². The fraction of sp³-hybridized carbons (Fsp3) is 0.333. The van der Waals surface area contributed by atoms with Gasteiger partial charge >= 0.3 is 0 Å². The van der Waals surface area contributed by atoms with Gasteiger partial charge in [0, 0.05) is 11.4 Å². The molecule has 3 heteroatoms. The first-order valence-corrected chi connectivity index (χ1v) is 4.09. The van der Waals surface area contributed by atoms with Gasteiger partial charge in [0.25, 0.3) is 0 Å². The first kappa shape index (κ1) is 9.49. The molecule has 12 heavy (non-hydrogen) atoms. The highest BCUT2D eigenvalue weighted by Crippen LogP contribution is 2.15. The van der Waals surface area contributed by atoms with Crippen LogP contribution in [0.25, 0.3) is 0 Å². The zero-order valence-corrected chi connectivity index (χ0v) is 7.48. The van der Waals surface area contributed by atoms with Crippen LogP contribution in [0.3, 0.4) is 0 Å². The largest absolute Gasteiger partial charge is 0.393 e. The van der Waals surface area contributed by atoms with Gasteiger partial charge in [-0.1, -0.05) is 17.7 Å². The molecule has 1 atom stereocenters. The summed E-state index contributed by atoms with van der Waals surface area (Å²) >= 11 is 5.55. The van der Waals surface area contributed by atoms with Gasteiger partial charge < -0.3 is 5.11 Å². The highest BCUT2D eigenvalue weighted by molar-refractivity contribution is 6.30. The lowest BCUT2D eigenvalue weighted by Crippen LogP contribution is -2.05. The van der Waals surface area contributed by atoms with Crippen LogP contribution in [-0.2, 0) is 6.42 Å². The minimum Gasteiger partial charge on any atom is -0.393 e. The summed E-state index contributed by atoms with van der Waals surface area (Å²) in [5, 5.41) is 9.38. The Hall–Kier alpha value is -0.600. The first-order chi connectivity index (χ1) is 5.59. The Balaban J connectivity index is 2.86. The molecule has 1 aromatic rings. The summed E-state index contributed by atoms with van der Waals surface area (Å²) in [6.07, 6.45) is -0.205. The van der Waals surface area contributed by atoms with Crippen molar-refractivity contribution in [3.63, 3.8) is 0 Å². The van der Waals surface area contributed by atoms with Crippen molar-refractivity contribution >= 4 is 11.6 Å². The lowest BCUT2D eigenvalue weighted by atomic mass is 10.1. The van der Waals surface area contributed by atoms with Crippen molar-refractivity contribution in [2.45, 2.75) is 19.4 Å². The number of aliphatic hydroxyl groups is 1. The Morgan fingerprint density at radius 1 is 1.58 bits per heavy atom. The Labute approximate surface area is 75.8 Å². The molecule has 0 aliphatic carbocycles. The lowest BCUT2D eigenvalue weighted by molar-refractivity contribution is 0.194. The zero-order valence-electron chi connectivity index (χ0n) is 6.72. The van der Waals surface area contributed by atoms with Crippen LogP contribution in [0.2, 0.25) is 5.02 Å². The zero-order chi connectivity index (χ0) is 9.14. The molecular formula is C9H10ClFO. The molecular weight excluding hydrogens is 179 g/mol. The second-order valence-corrected chi connectivity index (χ2v) is 3.23. The summed E-state index contributed by atoms with van der Waals surface area (Å²) in [5.74, 6) is -0.358. The van der Waals surface area contributed by atoms with Crippen LogP contribution in [0.5, 0.6) is 0 Å². The molecule has 66 valence electrons. The summed E-state index contributed by atoms with van der Waals surface area (Å²) < 4.78 is 13.0.